The molecular formula is C12H11F4NO2. The number of carbonyl (C=O) groups is 1. The molecule has 1 aromatic carbocycles. The Hall–Kier alpha value is -1.63. The minimum absolute atomic E-state index is 0.0177. The first-order chi connectivity index (χ1) is 8.88. The molecule has 1 amide bonds. The summed E-state index contributed by atoms with van der Waals surface area (Å²) in [5, 5.41) is 0. The number of ether oxygens (including phenoxy) is 1. The molecule has 1 fully saturated rings. The second kappa shape index (κ2) is 5.16. The van der Waals surface area contributed by atoms with Crippen LogP contribution in [0.25, 0.3) is 0 Å². The minimum Gasteiger partial charge on any atom is -0.370 e. The van der Waals surface area contributed by atoms with Gasteiger partial charge in [-0.05, 0) is 17.7 Å². The highest BCUT2D eigenvalue weighted by molar-refractivity contribution is 5.82. The van der Waals surface area contributed by atoms with Crippen LogP contribution in [0.15, 0.2) is 24.3 Å². The fourth-order valence-electron chi connectivity index (χ4n) is 1.89. The lowest BCUT2D eigenvalue weighted by molar-refractivity contribution is -0.191. The topological polar surface area (TPSA) is 29.5 Å². The van der Waals surface area contributed by atoms with E-state index in [4.69, 9.17) is 4.74 Å². The molecule has 0 radical (unpaired) electrons. The number of nitrogens with zero attached hydrogens (tertiary/aromatic N) is 1. The fourth-order valence-corrected chi connectivity index (χ4v) is 1.89. The van der Waals surface area contributed by atoms with Crippen LogP contribution in [0.3, 0.4) is 0 Å². The van der Waals surface area contributed by atoms with Crippen molar-refractivity contribution in [3.05, 3.63) is 35.6 Å². The van der Waals surface area contributed by atoms with Crippen LogP contribution in [0.4, 0.5) is 17.6 Å². The average molecular weight is 277 g/mol. The molecule has 1 atom stereocenters. The number of benzene rings is 1. The maximum absolute atomic E-state index is 12.8. The van der Waals surface area contributed by atoms with E-state index >= 15 is 0 Å². The predicted octanol–water partition coefficient (Wildman–Crippen LogP) is 2.29. The normalized spacial score (nSPS) is 20.4. The Morgan fingerprint density at radius 1 is 1.26 bits per heavy atom. The van der Waals surface area contributed by atoms with Crippen molar-refractivity contribution in [2.45, 2.75) is 12.3 Å². The van der Waals surface area contributed by atoms with Crippen molar-refractivity contribution in [1.82, 2.24) is 4.90 Å². The van der Waals surface area contributed by atoms with E-state index in [1.165, 1.54) is 24.3 Å². The van der Waals surface area contributed by atoms with Crippen LogP contribution in [0.1, 0.15) is 11.7 Å². The fraction of sp³-hybridized carbons (Fsp3) is 0.417. The molecule has 7 heteroatoms. The van der Waals surface area contributed by atoms with Gasteiger partial charge in [0.15, 0.2) is 0 Å². The van der Waals surface area contributed by atoms with E-state index in [1.807, 2.05) is 0 Å². The van der Waals surface area contributed by atoms with Crippen molar-refractivity contribution in [2.24, 2.45) is 0 Å². The van der Waals surface area contributed by atoms with Crippen molar-refractivity contribution in [3.8, 4) is 0 Å². The first kappa shape index (κ1) is 13.8. The van der Waals surface area contributed by atoms with Gasteiger partial charge in [0.25, 0.3) is 0 Å². The third kappa shape index (κ3) is 3.23. The van der Waals surface area contributed by atoms with E-state index in [1.54, 1.807) is 0 Å². The van der Waals surface area contributed by atoms with E-state index in [2.05, 4.69) is 0 Å². The van der Waals surface area contributed by atoms with Gasteiger partial charge >= 0.3 is 12.1 Å². The zero-order valence-corrected chi connectivity index (χ0v) is 9.78. The van der Waals surface area contributed by atoms with Crippen LogP contribution in [0.5, 0.6) is 0 Å². The van der Waals surface area contributed by atoms with E-state index in [0.717, 1.165) is 0 Å². The van der Waals surface area contributed by atoms with Crippen LogP contribution in [-0.2, 0) is 9.53 Å². The summed E-state index contributed by atoms with van der Waals surface area (Å²) in [6, 6.07) is 5.26. The van der Waals surface area contributed by atoms with Gasteiger partial charge in [-0.2, -0.15) is 13.2 Å². The SMILES string of the molecule is O=C(N1CCOC(c2ccc(F)cc2)C1)C(F)(F)F. The molecule has 0 N–H and O–H groups in total. The molecule has 1 aliphatic rings. The Balaban J connectivity index is 2.09. The molecule has 19 heavy (non-hydrogen) atoms. The van der Waals surface area contributed by atoms with Gasteiger partial charge in [-0.25, -0.2) is 4.39 Å². The first-order valence-corrected chi connectivity index (χ1v) is 5.61. The van der Waals surface area contributed by atoms with Crippen LogP contribution in [0.2, 0.25) is 0 Å². The van der Waals surface area contributed by atoms with Crippen molar-refractivity contribution < 1.29 is 27.1 Å². The van der Waals surface area contributed by atoms with Crippen LogP contribution in [-0.4, -0.2) is 36.7 Å². The quantitative estimate of drug-likeness (QED) is 0.737. The lowest BCUT2D eigenvalue weighted by Gasteiger charge is -2.33. The number of morpholine rings is 1. The molecule has 0 bridgehead atoms. The standard InChI is InChI=1S/C12H11F4NO2/c13-9-3-1-8(2-4-9)10-7-17(5-6-19-10)11(18)12(14,15)16/h1-4,10H,5-7H2. The van der Waals surface area contributed by atoms with Crippen molar-refractivity contribution in [2.75, 3.05) is 19.7 Å². The lowest BCUT2D eigenvalue weighted by Crippen LogP contribution is -2.47. The maximum atomic E-state index is 12.8. The number of rotatable bonds is 1. The average Bonchev–Trinajstić information content (AvgIpc) is 2.38. The summed E-state index contributed by atoms with van der Waals surface area (Å²) in [5.74, 6) is -2.31. The smallest absolute Gasteiger partial charge is 0.370 e. The van der Waals surface area contributed by atoms with E-state index in [-0.39, 0.29) is 19.7 Å². The predicted molar refractivity (Wildman–Crippen MR) is 57.7 cm³/mol. The number of hydrogen-bond acceptors (Lipinski definition) is 2. The van der Waals surface area contributed by atoms with E-state index in [0.29, 0.717) is 10.5 Å². The van der Waals surface area contributed by atoms with Crippen molar-refractivity contribution in [1.29, 1.82) is 0 Å². The number of hydrogen-bond donors (Lipinski definition) is 0. The molecule has 104 valence electrons. The summed E-state index contributed by atoms with van der Waals surface area (Å²) in [6.45, 7) is -0.274. The molecule has 1 aromatic rings. The van der Waals surface area contributed by atoms with Gasteiger partial charge in [0.05, 0.1) is 13.2 Å². The Labute approximate surface area is 106 Å². The van der Waals surface area contributed by atoms with Gasteiger partial charge in [-0.3, -0.25) is 4.79 Å². The highest BCUT2D eigenvalue weighted by Gasteiger charge is 2.43. The highest BCUT2D eigenvalue weighted by Crippen LogP contribution is 2.26. The highest BCUT2D eigenvalue weighted by atomic mass is 19.4. The largest absolute Gasteiger partial charge is 0.471 e. The van der Waals surface area contributed by atoms with Crippen LogP contribution >= 0.6 is 0 Å². The van der Waals surface area contributed by atoms with Gasteiger partial charge in [0.1, 0.15) is 11.9 Å². The molecular weight excluding hydrogens is 266 g/mol. The Morgan fingerprint density at radius 2 is 1.89 bits per heavy atom. The van der Waals surface area contributed by atoms with Gasteiger partial charge in [-0.15, -0.1) is 0 Å². The van der Waals surface area contributed by atoms with Crippen molar-refractivity contribution >= 4 is 5.91 Å². The summed E-state index contributed by atoms with van der Waals surface area (Å²) in [6.07, 6.45) is -5.55. The number of halogens is 4. The maximum Gasteiger partial charge on any atom is 0.471 e. The molecule has 1 saturated heterocycles. The molecule has 0 aliphatic carbocycles. The molecule has 0 aromatic heterocycles. The Morgan fingerprint density at radius 3 is 2.47 bits per heavy atom. The molecule has 0 saturated carbocycles. The summed E-state index contributed by atoms with van der Waals surface area (Å²) < 4.78 is 55.1. The van der Waals surface area contributed by atoms with Gasteiger partial charge < -0.3 is 9.64 Å². The summed E-state index contributed by atoms with van der Waals surface area (Å²) in [5.41, 5.74) is 0.543. The molecule has 1 aliphatic heterocycles. The Bertz CT molecular complexity index is 458. The Kier molecular flexibility index (Phi) is 3.75. The summed E-state index contributed by atoms with van der Waals surface area (Å²) in [7, 11) is 0. The molecule has 1 unspecified atom stereocenters. The molecule has 3 nitrogen and oxygen atoms in total. The minimum atomic E-state index is -4.88. The second-order valence-corrected chi connectivity index (χ2v) is 4.16. The lowest BCUT2D eigenvalue weighted by atomic mass is 10.1. The number of carbonyl (C=O) groups excluding carboxylic acids is 1. The second-order valence-electron chi connectivity index (χ2n) is 4.16. The molecule has 1 heterocycles. The third-order valence-electron chi connectivity index (χ3n) is 2.84. The van der Waals surface area contributed by atoms with Crippen LogP contribution < -0.4 is 0 Å². The first-order valence-electron chi connectivity index (χ1n) is 5.61. The van der Waals surface area contributed by atoms with E-state index in [9.17, 15) is 22.4 Å². The zero-order chi connectivity index (χ0) is 14.0. The van der Waals surface area contributed by atoms with Gasteiger partial charge in [0.2, 0.25) is 0 Å². The number of alkyl halides is 3. The molecule has 2 rings (SSSR count). The van der Waals surface area contributed by atoms with E-state index < -0.39 is 24.0 Å². The zero-order valence-electron chi connectivity index (χ0n) is 9.78. The molecule has 0 spiro atoms. The van der Waals surface area contributed by atoms with Crippen molar-refractivity contribution in [3.63, 3.8) is 0 Å². The van der Waals surface area contributed by atoms with Gasteiger partial charge in [-0.1, -0.05) is 12.1 Å². The third-order valence-corrected chi connectivity index (χ3v) is 2.84. The van der Waals surface area contributed by atoms with Gasteiger partial charge in [0, 0.05) is 6.54 Å². The monoisotopic (exact) mass is 277 g/mol. The van der Waals surface area contributed by atoms with Crippen LogP contribution in [0, 0.1) is 5.82 Å². The summed E-state index contributed by atoms with van der Waals surface area (Å²) >= 11 is 0. The number of amides is 1. The summed E-state index contributed by atoms with van der Waals surface area (Å²) in [4.78, 5) is 11.8.